The lowest BCUT2D eigenvalue weighted by Crippen LogP contribution is -2.44. The molecule has 1 atom stereocenters. The van der Waals surface area contributed by atoms with Crippen LogP contribution in [0.15, 0.2) is 18.2 Å². The predicted molar refractivity (Wildman–Crippen MR) is 90.5 cm³/mol. The number of anilines is 1. The van der Waals surface area contributed by atoms with E-state index >= 15 is 0 Å². The highest BCUT2D eigenvalue weighted by Gasteiger charge is 2.51. The maximum absolute atomic E-state index is 12.6. The topological polar surface area (TPSA) is 66.0 Å². The fourth-order valence-corrected chi connectivity index (χ4v) is 2.21. The van der Waals surface area contributed by atoms with Crippen LogP contribution in [0.3, 0.4) is 0 Å². The summed E-state index contributed by atoms with van der Waals surface area (Å²) in [4.78, 5) is 34.3. The molecule has 1 aliphatic heterocycles. The molecule has 1 aromatic rings. The van der Waals surface area contributed by atoms with Gasteiger partial charge in [0.05, 0.1) is 11.2 Å². The molecule has 2 rings (SSSR count). The Labute approximate surface area is 147 Å². The third kappa shape index (κ3) is 4.46. The van der Waals surface area contributed by atoms with Crippen LogP contribution in [0, 0.1) is 0 Å². The van der Waals surface area contributed by atoms with Gasteiger partial charge < -0.3 is 5.32 Å². The van der Waals surface area contributed by atoms with Crippen LogP contribution in [0.5, 0.6) is 0 Å². The molecule has 1 amide bonds. The highest BCUT2D eigenvalue weighted by atomic mass is 35.5. The molecule has 0 aromatic heterocycles. The monoisotopic (exact) mass is 357 g/mol. The summed E-state index contributed by atoms with van der Waals surface area (Å²) in [6.07, 6.45) is 0. The van der Waals surface area contributed by atoms with E-state index in [2.05, 4.69) is 5.32 Å². The van der Waals surface area contributed by atoms with Crippen molar-refractivity contribution < 1.29 is 24.3 Å². The van der Waals surface area contributed by atoms with Gasteiger partial charge >= 0.3 is 0 Å². The lowest BCUT2D eigenvalue weighted by molar-refractivity contribution is -0.431. The van der Waals surface area contributed by atoms with Crippen molar-refractivity contribution in [2.24, 2.45) is 0 Å². The predicted octanol–water partition coefficient (Wildman–Crippen LogP) is 3.98. The van der Waals surface area contributed by atoms with Gasteiger partial charge in [-0.05, 0) is 59.7 Å². The van der Waals surface area contributed by atoms with Gasteiger partial charge in [0.1, 0.15) is 6.61 Å². The van der Waals surface area contributed by atoms with Gasteiger partial charge in [0.2, 0.25) is 5.60 Å². The van der Waals surface area contributed by atoms with E-state index in [0.717, 1.165) is 0 Å². The third-order valence-electron chi connectivity index (χ3n) is 3.04. The van der Waals surface area contributed by atoms with Gasteiger partial charge in [-0.1, -0.05) is 11.6 Å². The highest BCUT2D eigenvalue weighted by molar-refractivity contribution is 6.31. The minimum Gasteiger partial charge on any atom is -0.323 e. The Bertz CT molecular complexity index is 620. The van der Waals surface area contributed by atoms with E-state index in [-0.39, 0.29) is 6.61 Å². The Morgan fingerprint density at radius 2 is 1.71 bits per heavy atom. The summed E-state index contributed by atoms with van der Waals surface area (Å²) in [5.74, 6) is -0.401. The van der Waals surface area contributed by atoms with Gasteiger partial charge in [0.15, 0.2) is 0 Å². The molecule has 0 radical (unpaired) electrons. The second-order valence-electron chi connectivity index (χ2n) is 7.71. The first-order valence-corrected chi connectivity index (χ1v) is 8.10. The number of rotatable bonds is 5. The zero-order valence-corrected chi connectivity index (χ0v) is 15.6. The number of hydrogen-bond acceptors (Lipinski definition) is 5. The van der Waals surface area contributed by atoms with Crippen LogP contribution in [0.4, 0.5) is 5.69 Å². The van der Waals surface area contributed by atoms with Gasteiger partial charge in [-0.2, -0.15) is 0 Å². The minimum atomic E-state index is -1.50. The molecule has 134 valence electrons. The van der Waals surface area contributed by atoms with Crippen LogP contribution in [0.2, 0.25) is 5.02 Å². The molecule has 1 unspecified atom stereocenters. The molecular weight excluding hydrogens is 334 g/mol. The second kappa shape index (κ2) is 6.61. The molecular formula is C17H24ClNO5. The molecule has 0 fully saturated rings. The van der Waals surface area contributed by atoms with E-state index < -0.39 is 22.7 Å². The van der Waals surface area contributed by atoms with Crippen LogP contribution >= 0.6 is 11.6 Å². The van der Waals surface area contributed by atoms with E-state index in [1.54, 1.807) is 18.2 Å². The number of hydrogen-bond donors (Lipinski definition) is 1. The summed E-state index contributed by atoms with van der Waals surface area (Å²) in [6.45, 7) is 10.8. The number of nitrogens with one attached hydrogen (secondary N) is 1. The van der Waals surface area contributed by atoms with Gasteiger partial charge in [-0.15, -0.1) is 0 Å². The average Bonchev–Trinajstić information content (AvgIpc) is 2.67. The molecule has 0 saturated carbocycles. The number of halogens is 1. The van der Waals surface area contributed by atoms with Crippen molar-refractivity contribution in [3.8, 4) is 0 Å². The molecule has 7 heteroatoms. The van der Waals surface area contributed by atoms with Crippen molar-refractivity contribution >= 4 is 23.2 Å². The Balaban J connectivity index is 2.33. The molecule has 1 heterocycles. The molecule has 0 aliphatic carbocycles. The molecule has 1 N–H and O–H groups in total. The van der Waals surface area contributed by atoms with E-state index in [0.29, 0.717) is 16.3 Å². The molecule has 0 spiro atoms. The normalized spacial score (nSPS) is 20.9. The number of amides is 1. The van der Waals surface area contributed by atoms with E-state index in [4.69, 9.17) is 31.2 Å². The maximum Gasteiger partial charge on any atom is 0.267 e. The largest absolute Gasteiger partial charge is 0.323 e. The molecule has 1 aromatic carbocycles. The first-order valence-electron chi connectivity index (χ1n) is 7.72. The van der Waals surface area contributed by atoms with Crippen LogP contribution in [-0.2, 0) is 29.9 Å². The Morgan fingerprint density at radius 1 is 1.08 bits per heavy atom. The van der Waals surface area contributed by atoms with Crippen LogP contribution in [-0.4, -0.2) is 23.7 Å². The van der Waals surface area contributed by atoms with Crippen molar-refractivity contribution in [1.29, 1.82) is 0 Å². The third-order valence-corrected chi connectivity index (χ3v) is 3.27. The first kappa shape index (κ1) is 19.1. The highest BCUT2D eigenvalue weighted by Crippen LogP contribution is 2.41. The fraction of sp³-hybridized carbons (Fsp3) is 0.588. The smallest absolute Gasteiger partial charge is 0.267 e. The second-order valence-corrected chi connectivity index (χ2v) is 8.14. The summed E-state index contributed by atoms with van der Waals surface area (Å²) in [5, 5.41) is 3.24. The number of carbonyl (C=O) groups excluding carboxylic acids is 1. The molecule has 6 nitrogen and oxygen atoms in total. The first-order chi connectivity index (χ1) is 10.9. The SMILES string of the molecule is CC(C)(C)OOCC1(OOC(C)(C)C)C(=O)Nc2ccc(Cl)cc21. The van der Waals surface area contributed by atoms with Crippen molar-refractivity contribution in [2.75, 3.05) is 11.9 Å². The quantitative estimate of drug-likeness (QED) is 0.637. The maximum atomic E-state index is 12.6. The van der Waals surface area contributed by atoms with Gasteiger partial charge in [0.25, 0.3) is 5.91 Å². The van der Waals surface area contributed by atoms with E-state index in [1.165, 1.54) is 0 Å². The number of benzene rings is 1. The van der Waals surface area contributed by atoms with Gasteiger partial charge in [-0.25, -0.2) is 19.6 Å². The molecule has 0 saturated heterocycles. The van der Waals surface area contributed by atoms with E-state index in [1.807, 2.05) is 41.5 Å². The van der Waals surface area contributed by atoms with Crippen molar-refractivity contribution in [1.82, 2.24) is 0 Å². The zero-order chi connectivity index (χ0) is 18.2. The zero-order valence-electron chi connectivity index (χ0n) is 14.9. The molecule has 0 bridgehead atoms. The van der Waals surface area contributed by atoms with Crippen molar-refractivity contribution in [2.45, 2.75) is 58.3 Å². The number of carbonyl (C=O) groups is 1. The summed E-state index contributed by atoms with van der Waals surface area (Å²) < 4.78 is 0. The van der Waals surface area contributed by atoms with Crippen LogP contribution < -0.4 is 5.32 Å². The van der Waals surface area contributed by atoms with Crippen molar-refractivity contribution in [3.05, 3.63) is 28.8 Å². The summed E-state index contributed by atoms with van der Waals surface area (Å²) in [6, 6.07) is 5.05. The Morgan fingerprint density at radius 3 is 2.29 bits per heavy atom. The van der Waals surface area contributed by atoms with Crippen molar-refractivity contribution in [3.63, 3.8) is 0 Å². The molecule has 1 aliphatic rings. The van der Waals surface area contributed by atoms with Crippen LogP contribution in [0.1, 0.15) is 47.1 Å². The fourth-order valence-electron chi connectivity index (χ4n) is 2.04. The number of fused-ring (bicyclic) bond motifs is 1. The average molecular weight is 358 g/mol. The summed E-state index contributed by atoms with van der Waals surface area (Å²) in [5.41, 5.74) is -1.50. The van der Waals surface area contributed by atoms with Gasteiger partial charge in [0, 0.05) is 16.3 Å². The van der Waals surface area contributed by atoms with E-state index in [9.17, 15) is 4.79 Å². The lowest BCUT2D eigenvalue weighted by Gasteiger charge is -2.30. The molecule has 24 heavy (non-hydrogen) atoms. The standard InChI is InChI=1S/C17H24ClNO5/c1-15(2,3)22-21-10-17(24-23-16(4,5)6)12-9-11(18)7-8-13(12)19-14(17)20/h7-9H,10H2,1-6H3,(H,19,20). The summed E-state index contributed by atoms with van der Waals surface area (Å²) >= 11 is 6.09. The Hall–Kier alpha value is -1.18. The lowest BCUT2D eigenvalue weighted by atomic mass is 9.96. The minimum absolute atomic E-state index is 0.181. The summed E-state index contributed by atoms with van der Waals surface area (Å²) in [7, 11) is 0. The van der Waals surface area contributed by atoms with Gasteiger partial charge in [-0.3, -0.25) is 4.79 Å². The van der Waals surface area contributed by atoms with Crippen LogP contribution in [0.25, 0.3) is 0 Å². The Kier molecular flexibility index (Phi) is 5.28.